The van der Waals surface area contributed by atoms with Gasteiger partial charge in [0.2, 0.25) is 5.89 Å². The highest BCUT2D eigenvalue weighted by Crippen LogP contribution is 2.17. The molecule has 0 aromatic carbocycles. The number of hydrogen-bond donors (Lipinski definition) is 1. The van der Waals surface area contributed by atoms with Crippen LogP contribution in [-0.2, 0) is 15.9 Å². The highest BCUT2D eigenvalue weighted by Gasteiger charge is 2.21. The summed E-state index contributed by atoms with van der Waals surface area (Å²) in [6, 6.07) is -0.321. The van der Waals surface area contributed by atoms with E-state index in [9.17, 15) is 0 Å². The van der Waals surface area contributed by atoms with Crippen LogP contribution < -0.4 is 5.73 Å². The lowest BCUT2D eigenvalue weighted by molar-refractivity contribution is 0.104. The van der Waals surface area contributed by atoms with Crippen LogP contribution in [0.3, 0.4) is 0 Å². The van der Waals surface area contributed by atoms with E-state index in [1.807, 2.05) is 0 Å². The summed E-state index contributed by atoms with van der Waals surface area (Å²) in [5, 5.41) is 3.89. The van der Waals surface area contributed by atoms with E-state index in [4.69, 9.17) is 19.7 Å². The van der Waals surface area contributed by atoms with Crippen LogP contribution in [-0.4, -0.2) is 36.1 Å². The number of nitrogens with zero attached hydrogens (tertiary/aromatic N) is 2. The number of hydrogen-bond acceptors (Lipinski definition) is 6. The van der Waals surface area contributed by atoms with Crippen molar-refractivity contribution in [2.24, 2.45) is 5.73 Å². The van der Waals surface area contributed by atoms with Gasteiger partial charge < -0.3 is 19.7 Å². The molecule has 1 aliphatic heterocycles. The molecule has 18 heavy (non-hydrogen) atoms. The van der Waals surface area contributed by atoms with Crippen molar-refractivity contribution in [3.63, 3.8) is 0 Å². The Morgan fingerprint density at radius 2 is 2.44 bits per heavy atom. The standard InChI is InChI=1S/C12H21N3O3/c1-2-5-16-8-10(13)12-14-11(18-15-12)7-9-4-3-6-17-9/h9-10H,2-8,13H2,1H3. The molecule has 6 nitrogen and oxygen atoms in total. The predicted molar refractivity (Wildman–Crippen MR) is 65.0 cm³/mol. The van der Waals surface area contributed by atoms with Crippen LogP contribution in [0.15, 0.2) is 4.52 Å². The monoisotopic (exact) mass is 255 g/mol. The lowest BCUT2D eigenvalue weighted by Gasteiger charge is -2.07. The summed E-state index contributed by atoms with van der Waals surface area (Å²) in [4.78, 5) is 4.29. The van der Waals surface area contributed by atoms with Gasteiger partial charge in [0.25, 0.3) is 0 Å². The fraction of sp³-hybridized carbons (Fsp3) is 0.833. The number of nitrogens with two attached hydrogens (primary N) is 1. The Balaban J connectivity index is 1.80. The zero-order valence-corrected chi connectivity index (χ0v) is 10.8. The Hall–Kier alpha value is -0.980. The van der Waals surface area contributed by atoms with Crippen molar-refractivity contribution in [2.45, 2.75) is 44.8 Å². The molecule has 0 bridgehead atoms. The average molecular weight is 255 g/mol. The summed E-state index contributed by atoms with van der Waals surface area (Å²) >= 11 is 0. The maximum atomic E-state index is 5.92. The minimum Gasteiger partial charge on any atom is -0.379 e. The Bertz CT molecular complexity index is 350. The summed E-state index contributed by atoms with van der Waals surface area (Å²) in [6.45, 7) is 4.01. The predicted octanol–water partition coefficient (Wildman–Crippen LogP) is 1.22. The third-order valence-electron chi connectivity index (χ3n) is 2.89. The fourth-order valence-corrected chi connectivity index (χ4v) is 1.93. The molecule has 102 valence electrons. The van der Waals surface area contributed by atoms with Gasteiger partial charge in [0, 0.05) is 13.2 Å². The maximum Gasteiger partial charge on any atom is 0.229 e. The molecule has 2 N–H and O–H groups in total. The van der Waals surface area contributed by atoms with E-state index in [0.717, 1.165) is 25.9 Å². The lowest BCUT2D eigenvalue weighted by atomic mass is 10.2. The largest absolute Gasteiger partial charge is 0.379 e. The summed E-state index contributed by atoms with van der Waals surface area (Å²) in [6.07, 6.45) is 4.03. The molecular weight excluding hydrogens is 234 g/mol. The van der Waals surface area contributed by atoms with Gasteiger partial charge in [-0.05, 0) is 19.3 Å². The zero-order chi connectivity index (χ0) is 12.8. The van der Waals surface area contributed by atoms with Crippen LogP contribution in [0.2, 0.25) is 0 Å². The molecule has 0 radical (unpaired) electrons. The van der Waals surface area contributed by atoms with Crippen molar-refractivity contribution in [2.75, 3.05) is 19.8 Å². The first kappa shape index (κ1) is 13.5. The quantitative estimate of drug-likeness (QED) is 0.737. The van der Waals surface area contributed by atoms with Gasteiger partial charge in [-0.2, -0.15) is 4.98 Å². The first-order valence-electron chi connectivity index (χ1n) is 6.57. The zero-order valence-electron chi connectivity index (χ0n) is 10.8. The minimum atomic E-state index is -0.321. The van der Waals surface area contributed by atoms with Gasteiger partial charge >= 0.3 is 0 Å². The van der Waals surface area contributed by atoms with Crippen LogP contribution in [0.1, 0.15) is 43.9 Å². The van der Waals surface area contributed by atoms with E-state index in [2.05, 4.69) is 17.1 Å². The topological polar surface area (TPSA) is 83.4 Å². The molecular formula is C12H21N3O3. The molecule has 0 aliphatic carbocycles. The summed E-state index contributed by atoms with van der Waals surface area (Å²) in [5.41, 5.74) is 5.92. The van der Waals surface area contributed by atoms with Crippen molar-refractivity contribution >= 4 is 0 Å². The van der Waals surface area contributed by atoms with Crippen LogP contribution >= 0.6 is 0 Å². The minimum absolute atomic E-state index is 0.214. The Morgan fingerprint density at radius 3 is 3.17 bits per heavy atom. The second-order valence-electron chi connectivity index (χ2n) is 4.57. The van der Waals surface area contributed by atoms with E-state index in [-0.39, 0.29) is 12.1 Å². The van der Waals surface area contributed by atoms with Crippen LogP contribution in [0.25, 0.3) is 0 Å². The summed E-state index contributed by atoms with van der Waals surface area (Å²) in [7, 11) is 0. The Morgan fingerprint density at radius 1 is 1.56 bits per heavy atom. The van der Waals surface area contributed by atoms with E-state index in [1.165, 1.54) is 0 Å². The first-order chi connectivity index (χ1) is 8.79. The van der Waals surface area contributed by atoms with E-state index < -0.39 is 0 Å². The molecule has 6 heteroatoms. The van der Waals surface area contributed by atoms with Gasteiger partial charge in [-0.1, -0.05) is 12.1 Å². The van der Waals surface area contributed by atoms with Gasteiger partial charge in [-0.25, -0.2) is 0 Å². The Labute approximate surface area is 107 Å². The van der Waals surface area contributed by atoms with E-state index in [0.29, 0.717) is 31.3 Å². The maximum absolute atomic E-state index is 5.92. The van der Waals surface area contributed by atoms with Gasteiger partial charge in [-0.15, -0.1) is 0 Å². The molecule has 2 rings (SSSR count). The molecule has 0 spiro atoms. The highest BCUT2D eigenvalue weighted by atomic mass is 16.5. The number of rotatable bonds is 7. The van der Waals surface area contributed by atoms with Crippen LogP contribution in [0.5, 0.6) is 0 Å². The number of aromatic nitrogens is 2. The van der Waals surface area contributed by atoms with Crippen molar-refractivity contribution in [1.29, 1.82) is 0 Å². The second-order valence-corrected chi connectivity index (χ2v) is 4.57. The Kier molecular flexibility index (Phi) is 5.10. The molecule has 0 amide bonds. The highest BCUT2D eigenvalue weighted by molar-refractivity contribution is 4.94. The molecule has 1 aromatic heterocycles. The van der Waals surface area contributed by atoms with Crippen molar-refractivity contribution in [3.05, 3.63) is 11.7 Å². The SMILES string of the molecule is CCCOCC(N)c1noc(CC2CCCO2)n1. The van der Waals surface area contributed by atoms with Crippen molar-refractivity contribution < 1.29 is 14.0 Å². The van der Waals surface area contributed by atoms with Gasteiger partial charge in [0.1, 0.15) is 0 Å². The molecule has 1 aliphatic rings. The smallest absolute Gasteiger partial charge is 0.229 e. The normalized spacial score (nSPS) is 21.3. The first-order valence-corrected chi connectivity index (χ1v) is 6.57. The van der Waals surface area contributed by atoms with E-state index >= 15 is 0 Å². The van der Waals surface area contributed by atoms with Crippen LogP contribution in [0, 0.1) is 0 Å². The third-order valence-corrected chi connectivity index (χ3v) is 2.89. The van der Waals surface area contributed by atoms with Crippen molar-refractivity contribution in [1.82, 2.24) is 10.1 Å². The third kappa shape index (κ3) is 3.76. The van der Waals surface area contributed by atoms with Gasteiger partial charge in [0.05, 0.1) is 25.2 Å². The van der Waals surface area contributed by atoms with Crippen molar-refractivity contribution in [3.8, 4) is 0 Å². The molecule has 2 atom stereocenters. The van der Waals surface area contributed by atoms with Gasteiger partial charge in [-0.3, -0.25) is 0 Å². The fourth-order valence-electron chi connectivity index (χ4n) is 1.93. The second kappa shape index (κ2) is 6.82. The van der Waals surface area contributed by atoms with Crippen LogP contribution in [0.4, 0.5) is 0 Å². The summed E-state index contributed by atoms with van der Waals surface area (Å²) in [5.74, 6) is 1.11. The molecule has 1 saturated heterocycles. The average Bonchev–Trinajstić information content (AvgIpc) is 3.01. The molecule has 1 fully saturated rings. The molecule has 2 heterocycles. The number of ether oxygens (including phenoxy) is 2. The summed E-state index contributed by atoms with van der Waals surface area (Å²) < 4.78 is 16.1. The lowest BCUT2D eigenvalue weighted by Crippen LogP contribution is -2.19. The molecule has 1 aromatic rings. The molecule has 0 saturated carbocycles. The van der Waals surface area contributed by atoms with Gasteiger partial charge in [0.15, 0.2) is 5.82 Å². The molecule has 2 unspecified atom stereocenters. The van der Waals surface area contributed by atoms with E-state index in [1.54, 1.807) is 0 Å².